The van der Waals surface area contributed by atoms with Crippen molar-refractivity contribution < 1.29 is 38.2 Å². The van der Waals surface area contributed by atoms with Gasteiger partial charge in [0, 0.05) is 71.8 Å². The molecule has 2 fully saturated rings. The molecule has 360 valence electrons. The number of benzene rings is 4. The number of esters is 1. The van der Waals surface area contributed by atoms with Crippen LogP contribution in [0.2, 0.25) is 5.02 Å². The minimum Gasteiger partial charge on any atom is -0.493 e. The molecule has 0 aliphatic carbocycles. The molecule has 4 aromatic carbocycles. The molecular weight excluding hydrogens is 896 g/mol. The lowest BCUT2D eigenvalue weighted by molar-refractivity contribution is -0.137. The third-order valence-corrected chi connectivity index (χ3v) is 14.1. The smallest absolute Gasteiger partial charge is 0.355 e. The number of imide groups is 1. The van der Waals surface area contributed by atoms with E-state index in [1.54, 1.807) is 18.2 Å². The van der Waals surface area contributed by atoms with Crippen LogP contribution in [0.5, 0.6) is 11.5 Å². The number of amides is 4. The quantitative estimate of drug-likeness (QED) is 0.0641. The SMILES string of the molecule is Cc1nn(C)c(C)c1-c1c(Cl)ccc2c(CCCOc3cccc4ccccc34)c(C(=O)OC(C)(C)C)n(CCC3CCN(C(=O)COc4cccc5c4CN(C4CCC(=O)NC4=O)C5=O)CC3)c12. The van der Waals surface area contributed by atoms with Gasteiger partial charge in [0.15, 0.2) is 6.61 Å². The van der Waals surface area contributed by atoms with Crippen LogP contribution in [0.3, 0.4) is 0 Å². The number of aryl methyl sites for hydroxylation is 4. The second-order valence-electron chi connectivity index (χ2n) is 19.5. The van der Waals surface area contributed by atoms with Gasteiger partial charge in [0.1, 0.15) is 28.8 Å². The number of hydrogen-bond donors (Lipinski definition) is 1. The Labute approximate surface area is 406 Å². The number of fused-ring (bicyclic) bond motifs is 3. The van der Waals surface area contributed by atoms with E-state index in [4.69, 9.17) is 30.9 Å². The number of halogens is 1. The van der Waals surface area contributed by atoms with Gasteiger partial charge in [-0.25, -0.2) is 4.79 Å². The van der Waals surface area contributed by atoms with Crippen LogP contribution in [0.15, 0.2) is 72.8 Å². The Bertz CT molecular complexity index is 3010. The molecule has 0 saturated carbocycles. The van der Waals surface area contributed by atoms with E-state index in [0.717, 1.165) is 74.8 Å². The van der Waals surface area contributed by atoms with Gasteiger partial charge in [-0.1, -0.05) is 60.1 Å². The van der Waals surface area contributed by atoms with E-state index in [1.165, 1.54) is 4.90 Å². The number of nitrogens with one attached hydrogen (secondary N) is 1. The Morgan fingerprint density at radius 1 is 0.870 bits per heavy atom. The zero-order valence-electron chi connectivity index (χ0n) is 40.2. The Morgan fingerprint density at radius 2 is 1.61 bits per heavy atom. The summed E-state index contributed by atoms with van der Waals surface area (Å²) in [6.45, 7) is 11.6. The number of aromatic nitrogens is 3. The summed E-state index contributed by atoms with van der Waals surface area (Å²) in [4.78, 5) is 69.3. The van der Waals surface area contributed by atoms with Gasteiger partial charge in [0.2, 0.25) is 11.8 Å². The third-order valence-electron chi connectivity index (χ3n) is 13.8. The zero-order chi connectivity index (χ0) is 48.7. The Balaban J connectivity index is 0.934. The van der Waals surface area contributed by atoms with Crippen LogP contribution in [0.4, 0.5) is 0 Å². The van der Waals surface area contributed by atoms with Crippen LogP contribution >= 0.6 is 11.6 Å². The summed E-state index contributed by atoms with van der Waals surface area (Å²) in [5.74, 6) is -0.197. The van der Waals surface area contributed by atoms with Crippen molar-refractivity contribution in [3.05, 3.63) is 112 Å². The highest BCUT2D eigenvalue weighted by Gasteiger charge is 2.40. The van der Waals surface area contributed by atoms with E-state index in [9.17, 15) is 24.0 Å². The Morgan fingerprint density at radius 3 is 2.35 bits per heavy atom. The monoisotopic (exact) mass is 954 g/mol. The lowest BCUT2D eigenvalue weighted by Gasteiger charge is -2.32. The number of carbonyl (C=O) groups excluding carboxylic acids is 5. The molecule has 2 saturated heterocycles. The van der Waals surface area contributed by atoms with Crippen LogP contribution < -0.4 is 14.8 Å². The second-order valence-corrected chi connectivity index (χ2v) is 19.9. The van der Waals surface area contributed by atoms with Crippen LogP contribution in [0.25, 0.3) is 32.8 Å². The predicted molar refractivity (Wildman–Crippen MR) is 263 cm³/mol. The van der Waals surface area contributed by atoms with Crippen molar-refractivity contribution in [3.8, 4) is 22.6 Å². The van der Waals surface area contributed by atoms with E-state index in [2.05, 4.69) is 28.1 Å². The molecule has 1 unspecified atom stereocenters. The Kier molecular flexibility index (Phi) is 13.3. The fraction of sp³-hybridized carbons (Fsp3) is 0.407. The predicted octanol–water partition coefficient (Wildman–Crippen LogP) is 8.90. The fourth-order valence-electron chi connectivity index (χ4n) is 10.4. The van der Waals surface area contributed by atoms with Crippen molar-refractivity contribution in [2.75, 3.05) is 26.3 Å². The van der Waals surface area contributed by atoms with Gasteiger partial charge >= 0.3 is 5.97 Å². The molecule has 0 spiro atoms. The first kappa shape index (κ1) is 47.4. The molecule has 0 bridgehead atoms. The summed E-state index contributed by atoms with van der Waals surface area (Å²) in [6, 6.07) is 22.5. The van der Waals surface area contributed by atoms with Crippen molar-refractivity contribution in [1.82, 2.24) is 29.5 Å². The average molecular weight is 956 g/mol. The fourth-order valence-corrected chi connectivity index (χ4v) is 10.6. The van der Waals surface area contributed by atoms with Crippen molar-refractivity contribution in [2.45, 2.75) is 104 Å². The van der Waals surface area contributed by atoms with Gasteiger partial charge in [-0.2, -0.15) is 5.10 Å². The highest BCUT2D eigenvalue weighted by atomic mass is 35.5. The number of hydrogen-bond acceptors (Lipinski definition) is 9. The van der Waals surface area contributed by atoms with Crippen molar-refractivity contribution >= 4 is 62.9 Å². The normalized spacial score (nSPS) is 16.6. The van der Waals surface area contributed by atoms with Crippen molar-refractivity contribution in [1.29, 1.82) is 0 Å². The molecule has 4 amide bonds. The molecule has 1 atom stereocenters. The van der Waals surface area contributed by atoms with E-state index in [1.807, 2.05) is 87.6 Å². The molecule has 1 N–H and O–H groups in total. The minimum absolute atomic E-state index is 0.152. The lowest BCUT2D eigenvalue weighted by Crippen LogP contribution is -2.52. The van der Waals surface area contributed by atoms with Crippen LogP contribution in [0.1, 0.15) is 103 Å². The molecule has 6 aromatic rings. The zero-order valence-corrected chi connectivity index (χ0v) is 40.9. The number of piperidine rings is 2. The molecule has 15 heteroatoms. The summed E-state index contributed by atoms with van der Waals surface area (Å²) in [5.41, 5.74) is 6.11. The van der Waals surface area contributed by atoms with Gasteiger partial charge in [-0.15, -0.1) is 0 Å². The molecule has 3 aliphatic heterocycles. The summed E-state index contributed by atoms with van der Waals surface area (Å²) in [7, 11) is 1.92. The van der Waals surface area contributed by atoms with Gasteiger partial charge in [-0.3, -0.25) is 29.2 Å². The first-order valence-electron chi connectivity index (χ1n) is 23.9. The molecule has 3 aliphatic rings. The Hall–Kier alpha value is -6.67. The topological polar surface area (TPSA) is 154 Å². The number of likely N-dealkylation sites (tertiary alicyclic amines) is 1. The van der Waals surface area contributed by atoms with E-state index >= 15 is 0 Å². The maximum absolute atomic E-state index is 14.6. The number of nitrogens with zero attached hydrogens (tertiary/aromatic N) is 5. The van der Waals surface area contributed by atoms with Crippen LogP contribution in [-0.2, 0) is 45.7 Å². The first-order valence-corrected chi connectivity index (χ1v) is 24.3. The second kappa shape index (κ2) is 19.4. The van der Waals surface area contributed by atoms with E-state index in [0.29, 0.717) is 66.7 Å². The molecule has 9 rings (SSSR count). The van der Waals surface area contributed by atoms with E-state index < -0.39 is 23.5 Å². The molecule has 0 radical (unpaired) electrons. The molecule has 69 heavy (non-hydrogen) atoms. The lowest BCUT2D eigenvalue weighted by atomic mass is 9.93. The molecule has 5 heterocycles. The molecule has 14 nitrogen and oxygen atoms in total. The average Bonchev–Trinajstić information content (AvgIpc) is 3.92. The highest BCUT2D eigenvalue weighted by Crippen LogP contribution is 2.43. The van der Waals surface area contributed by atoms with Crippen molar-refractivity contribution in [2.24, 2.45) is 13.0 Å². The van der Waals surface area contributed by atoms with Gasteiger partial charge < -0.3 is 28.6 Å². The van der Waals surface area contributed by atoms with Gasteiger partial charge in [0.25, 0.3) is 11.8 Å². The third kappa shape index (κ3) is 9.55. The molecular formula is C54H59ClN6O8. The van der Waals surface area contributed by atoms with E-state index in [-0.39, 0.29) is 49.6 Å². The minimum atomic E-state index is -0.749. The van der Waals surface area contributed by atoms with Crippen LogP contribution in [-0.4, -0.2) is 91.7 Å². The standard InChI is InChI=1S/C54H59ClN6O8/c1-32-47(33(2)58(6)57-32)48-41(55)20-19-38-37(16-11-29-67-43-17-9-13-35-12-7-8-14-36(35)43)50(53(66)69-54(3,4)5)60(49(38)48)28-25-34-23-26-59(27-24-34)46(63)31-68-44-18-10-15-39-40(44)30-61(52(39)65)42-21-22-45(62)56-51(42)64/h7-10,12-15,17-20,34,42H,11,16,21-31H2,1-6H3,(H,56,62,64). The highest BCUT2D eigenvalue weighted by molar-refractivity contribution is 6.35. The summed E-state index contributed by atoms with van der Waals surface area (Å²) >= 11 is 7.22. The van der Waals surface area contributed by atoms with Gasteiger partial charge in [0.05, 0.1) is 29.4 Å². The van der Waals surface area contributed by atoms with Crippen LogP contribution in [0, 0.1) is 19.8 Å². The molecule has 2 aromatic heterocycles. The number of ether oxygens (including phenoxy) is 3. The number of carbonyl (C=O) groups is 5. The maximum Gasteiger partial charge on any atom is 0.355 e. The largest absolute Gasteiger partial charge is 0.493 e. The maximum atomic E-state index is 14.6. The summed E-state index contributed by atoms with van der Waals surface area (Å²) in [5, 5.41) is 10.7. The van der Waals surface area contributed by atoms with Crippen molar-refractivity contribution in [3.63, 3.8) is 0 Å². The van der Waals surface area contributed by atoms with Gasteiger partial charge in [-0.05, 0) is 114 Å². The first-order chi connectivity index (χ1) is 33.1. The summed E-state index contributed by atoms with van der Waals surface area (Å²) < 4.78 is 22.7. The number of rotatable bonds is 14. The summed E-state index contributed by atoms with van der Waals surface area (Å²) in [6.07, 6.45) is 3.87.